The van der Waals surface area contributed by atoms with E-state index in [1.54, 1.807) is 33.7 Å². The Labute approximate surface area is 107 Å². The molecule has 7 nitrogen and oxygen atoms in total. The van der Waals surface area contributed by atoms with E-state index in [0.29, 0.717) is 12.6 Å². The summed E-state index contributed by atoms with van der Waals surface area (Å²) in [5, 5.41) is 2.77. The van der Waals surface area contributed by atoms with E-state index < -0.39 is 8.80 Å². The zero-order valence-electron chi connectivity index (χ0n) is 10.9. The maximum absolute atomic E-state index is 11.6. The van der Waals surface area contributed by atoms with Gasteiger partial charge in [0.2, 0.25) is 0 Å². The molecule has 0 aliphatic carbocycles. The monoisotopic (exact) mass is 273 g/mol. The van der Waals surface area contributed by atoms with Gasteiger partial charge in [-0.15, -0.1) is 0 Å². The van der Waals surface area contributed by atoms with Crippen molar-refractivity contribution in [2.75, 3.05) is 27.9 Å². The second-order valence-electron chi connectivity index (χ2n) is 3.60. The molecule has 0 saturated heterocycles. The molecule has 102 valence electrons. The van der Waals surface area contributed by atoms with Gasteiger partial charge in [-0.25, -0.2) is 9.78 Å². The Morgan fingerprint density at radius 1 is 1.33 bits per heavy atom. The summed E-state index contributed by atoms with van der Waals surface area (Å²) in [5.74, 6) is 0. The zero-order chi connectivity index (χ0) is 13.4. The molecule has 8 heteroatoms. The largest absolute Gasteiger partial charge is 0.500 e. The normalized spacial score (nSPS) is 11.5. The minimum atomic E-state index is -2.53. The van der Waals surface area contributed by atoms with Gasteiger partial charge in [0.05, 0.1) is 0 Å². The van der Waals surface area contributed by atoms with Crippen molar-refractivity contribution in [1.82, 2.24) is 14.9 Å². The first kappa shape index (κ1) is 14.8. The van der Waals surface area contributed by atoms with Crippen LogP contribution in [-0.4, -0.2) is 52.3 Å². The summed E-state index contributed by atoms with van der Waals surface area (Å²) in [6, 6.07) is 0.452. The number of imidazole rings is 1. The van der Waals surface area contributed by atoms with Crippen molar-refractivity contribution < 1.29 is 18.1 Å². The lowest BCUT2D eigenvalue weighted by Gasteiger charge is -2.24. The highest BCUT2D eigenvalue weighted by molar-refractivity contribution is 6.60. The molecular formula is C10H19N3O4Si. The summed E-state index contributed by atoms with van der Waals surface area (Å²) in [4.78, 5) is 15.4. The Hall–Kier alpha value is -1.22. The predicted molar refractivity (Wildman–Crippen MR) is 67.2 cm³/mol. The second-order valence-corrected chi connectivity index (χ2v) is 6.69. The van der Waals surface area contributed by atoms with Crippen LogP contribution in [0.4, 0.5) is 4.79 Å². The molecular weight excluding hydrogens is 254 g/mol. The predicted octanol–water partition coefficient (Wildman–Crippen LogP) is 0.709. The fourth-order valence-electron chi connectivity index (χ4n) is 1.53. The molecule has 0 aliphatic rings. The number of hydrogen-bond donors (Lipinski definition) is 1. The number of hydrogen-bond acceptors (Lipinski definition) is 5. The van der Waals surface area contributed by atoms with Crippen LogP contribution < -0.4 is 5.32 Å². The van der Waals surface area contributed by atoms with Crippen LogP contribution in [0.25, 0.3) is 0 Å². The molecule has 0 unspecified atom stereocenters. The molecule has 1 aromatic heterocycles. The van der Waals surface area contributed by atoms with Crippen LogP contribution in [0.3, 0.4) is 0 Å². The Bertz CT molecular complexity index is 346. The van der Waals surface area contributed by atoms with Crippen LogP contribution in [0, 0.1) is 0 Å². The first-order valence-electron chi connectivity index (χ1n) is 5.59. The Kier molecular flexibility index (Phi) is 5.99. The summed E-state index contributed by atoms with van der Waals surface area (Å²) in [5.41, 5.74) is 0. The number of amides is 1. The molecule has 1 aromatic rings. The third-order valence-electron chi connectivity index (χ3n) is 2.61. The van der Waals surface area contributed by atoms with E-state index in [4.69, 9.17) is 13.3 Å². The van der Waals surface area contributed by atoms with E-state index in [0.717, 1.165) is 6.42 Å². The van der Waals surface area contributed by atoms with Gasteiger partial charge in [0, 0.05) is 46.3 Å². The summed E-state index contributed by atoms with van der Waals surface area (Å²) >= 11 is 0. The quantitative estimate of drug-likeness (QED) is 0.585. The third-order valence-corrected chi connectivity index (χ3v) is 5.44. The van der Waals surface area contributed by atoms with Crippen LogP contribution in [0.15, 0.2) is 18.7 Å². The van der Waals surface area contributed by atoms with Crippen LogP contribution >= 0.6 is 0 Å². The lowest BCUT2D eigenvalue weighted by Crippen LogP contribution is -2.43. The average molecular weight is 273 g/mol. The summed E-state index contributed by atoms with van der Waals surface area (Å²) < 4.78 is 17.2. The van der Waals surface area contributed by atoms with E-state index in [9.17, 15) is 4.79 Å². The fraction of sp³-hybridized carbons (Fsp3) is 0.600. The molecule has 0 aliphatic heterocycles. The highest BCUT2D eigenvalue weighted by Gasteiger charge is 2.36. The summed E-state index contributed by atoms with van der Waals surface area (Å²) in [6.45, 7) is 0.530. The maximum Gasteiger partial charge on any atom is 0.500 e. The van der Waals surface area contributed by atoms with Crippen LogP contribution in [-0.2, 0) is 13.3 Å². The van der Waals surface area contributed by atoms with Gasteiger partial charge in [0.1, 0.15) is 6.33 Å². The number of carbonyl (C=O) groups excluding carboxylic acids is 1. The van der Waals surface area contributed by atoms with Crippen molar-refractivity contribution in [2.24, 2.45) is 0 Å². The third kappa shape index (κ3) is 3.91. The smallest absolute Gasteiger partial charge is 0.377 e. The molecule has 0 atom stereocenters. The molecule has 0 saturated carbocycles. The Morgan fingerprint density at radius 2 is 2.00 bits per heavy atom. The van der Waals surface area contributed by atoms with Gasteiger partial charge in [0.25, 0.3) is 0 Å². The topological polar surface area (TPSA) is 74.6 Å². The molecule has 1 rings (SSSR count). The molecule has 0 bridgehead atoms. The van der Waals surface area contributed by atoms with Gasteiger partial charge in [-0.05, 0) is 6.42 Å². The highest BCUT2D eigenvalue weighted by atomic mass is 28.4. The van der Waals surface area contributed by atoms with Crippen LogP contribution in [0.2, 0.25) is 6.04 Å². The minimum Gasteiger partial charge on any atom is -0.377 e. The number of nitrogens with one attached hydrogen (secondary N) is 1. The minimum absolute atomic E-state index is 0.202. The van der Waals surface area contributed by atoms with Crippen molar-refractivity contribution in [3.05, 3.63) is 18.7 Å². The van der Waals surface area contributed by atoms with Gasteiger partial charge in [-0.2, -0.15) is 0 Å². The van der Waals surface area contributed by atoms with E-state index in [-0.39, 0.29) is 6.03 Å². The van der Waals surface area contributed by atoms with E-state index >= 15 is 0 Å². The van der Waals surface area contributed by atoms with Gasteiger partial charge in [0.15, 0.2) is 0 Å². The molecule has 0 fully saturated rings. The van der Waals surface area contributed by atoms with Crippen molar-refractivity contribution >= 4 is 14.8 Å². The Morgan fingerprint density at radius 3 is 2.50 bits per heavy atom. The molecule has 1 amide bonds. The van der Waals surface area contributed by atoms with Gasteiger partial charge in [-0.1, -0.05) is 0 Å². The SMILES string of the molecule is CO[Si](CCCNC(=O)n1ccnc1)(OC)OC. The molecule has 1 N–H and O–H groups in total. The van der Waals surface area contributed by atoms with Gasteiger partial charge in [-0.3, -0.25) is 4.57 Å². The summed E-state index contributed by atoms with van der Waals surface area (Å²) in [6.07, 6.45) is 5.32. The first-order chi connectivity index (χ1) is 8.67. The van der Waals surface area contributed by atoms with Crippen LogP contribution in [0.1, 0.15) is 6.42 Å². The molecule has 0 radical (unpaired) electrons. The van der Waals surface area contributed by atoms with Crippen LogP contribution in [0.5, 0.6) is 0 Å². The van der Waals surface area contributed by atoms with Crippen molar-refractivity contribution in [3.63, 3.8) is 0 Å². The zero-order valence-corrected chi connectivity index (χ0v) is 11.9. The van der Waals surface area contributed by atoms with Crippen molar-refractivity contribution in [1.29, 1.82) is 0 Å². The lowest BCUT2D eigenvalue weighted by atomic mass is 10.5. The lowest BCUT2D eigenvalue weighted by molar-refractivity contribution is 0.123. The maximum atomic E-state index is 11.6. The van der Waals surface area contributed by atoms with Gasteiger partial charge >= 0.3 is 14.8 Å². The first-order valence-corrected chi connectivity index (χ1v) is 7.52. The van der Waals surface area contributed by atoms with E-state index in [2.05, 4.69) is 10.3 Å². The number of aromatic nitrogens is 2. The van der Waals surface area contributed by atoms with Crippen molar-refractivity contribution in [2.45, 2.75) is 12.5 Å². The molecule has 18 heavy (non-hydrogen) atoms. The van der Waals surface area contributed by atoms with E-state index in [1.165, 1.54) is 10.9 Å². The van der Waals surface area contributed by atoms with Crippen molar-refractivity contribution in [3.8, 4) is 0 Å². The van der Waals surface area contributed by atoms with E-state index in [1.807, 2.05) is 0 Å². The fourth-order valence-corrected chi connectivity index (χ4v) is 3.25. The average Bonchev–Trinajstić information content (AvgIpc) is 2.94. The number of nitrogens with zero attached hydrogens (tertiary/aromatic N) is 2. The van der Waals surface area contributed by atoms with Gasteiger partial charge < -0.3 is 18.6 Å². The molecule has 0 aromatic carbocycles. The number of rotatable bonds is 7. The molecule has 0 spiro atoms. The number of carbonyl (C=O) groups is 1. The standard InChI is InChI=1S/C10H19N3O4Si/c1-15-18(16-2,17-3)8-4-5-12-10(14)13-7-6-11-9-13/h6-7,9H,4-5,8H2,1-3H3,(H,12,14). The second kappa shape index (κ2) is 7.26. The highest BCUT2D eigenvalue weighted by Crippen LogP contribution is 2.14. The Balaban J connectivity index is 2.28. The molecule has 1 heterocycles. The summed E-state index contributed by atoms with van der Waals surface area (Å²) in [7, 11) is 2.19.